The highest BCUT2D eigenvalue weighted by atomic mass is 16.5. The van der Waals surface area contributed by atoms with Crippen LogP contribution in [0.2, 0.25) is 0 Å². The van der Waals surface area contributed by atoms with Crippen molar-refractivity contribution in [2.45, 2.75) is 18.7 Å². The van der Waals surface area contributed by atoms with Gasteiger partial charge in [0.1, 0.15) is 18.5 Å². The van der Waals surface area contributed by atoms with E-state index in [1.165, 1.54) is 0 Å². The summed E-state index contributed by atoms with van der Waals surface area (Å²) in [6.45, 7) is -0.0778. The summed E-state index contributed by atoms with van der Waals surface area (Å²) in [7, 11) is 0. The van der Waals surface area contributed by atoms with E-state index in [1.54, 1.807) is 41.6 Å². The smallest absolute Gasteiger partial charge is 0.262 e. The Balaban J connectivity index is 1.39. The third kappa shape index (κ3) is 5.74. The molecule has 170 valence electrons. The average Bonchev–Trinajstić information content (AvgIpc) is 2.86. The third-order valence-corrected chi connectivity index (χ3v) is 5.36. The largest absolute Gasteiger partial charge is 0.484 e. The van der Waals surface area contributed by atoms with Gasteiger partial charge in [-0.15, -0.1) is 0 Å². The summed E-state index contributed by atoms with van der Waals surface area (Å²) < 4.78 is 11.2. The average molecular weight is 447 g/mol. The number of morpholine rings is 1. The number of rotatable bonds is 8. The molecular weight excluding hydrogens is 422 g/mol. The summed E-state index contributed by atoms with van der Waals surface area (Å²) in [4.78, 5) is 30.4. The molecule has 0 saturated carbocycles. The van der Waals surface area contributed by atoms with Crippen LogP contribution >= 0.6 is 0 Å². The van der Waals surface area contributed by atoms with Crippen LogP contribution in [0.4, 0.5) is 5.69 Å². The van der Waals surface area contributed by atoms with Crippen molar-refractivity contribution >= 4 is 17.5 Å². The molecule has 2 atom stereocenters. The Morgan fingerprint density at radius 2 is 1.91 bits per heavy atom. The number of aromatic nitrogens is 1. The van der Waals surface area contributed by atoms with Gasteiger partial charge < -0.3 is 24.8 Å². The summed E-state index contributed by atoms with van der Waals surface area (Å²) in [6, 6.07) is 19.4. The van der Waals surface area contributed by atoms with E-state index in [9.17, 15) is 14.7 Å². The molecule has 33 heavy (non-hydrogen) atoms. The highest BCUT2D eigenvalue weighted by Crippen LogP contribution is 2.30. The van der Waals surface area contributed by atoms with Crippen LogP contribution in [0, 0.1) is 0 Å². The van der Waals surface area contributed by atoms with E-state index in [0.29, 0.717) is 18.0 Å². The van der Waals surface area contributed by atoms with E-state index in [0.717, 1.165) is 11.1 Å². The molecule has 1 aliphatic rings. The second kappa shape index (κ2) is 10.7. The highest BCUT2D eigenvalue weighted by molar-refractivity contribution is 5.91. The van der Waals surface area contributed by atoms with Gasteiger partial charge in [0.2, 0.25) is 5.91 Å². The molecule has 2 aromatic carbocycles. The Labute approximate surface area is 191 Å². The monoisotopic (exact) mass is 447 g/mol. The normalized spacial score (nSPS) is 18.1. The maximum Gasteiger partial charge on any atom is 0.262 e. The van der Waals surface area contributed by atoms with Crippen molar-refractivity contribution in [2.75, 3.05) is 25.1 Å². The number of carbonyl (C=O) groups excluding carboxylic acids is 2. The minimum atomic E-state index is -0.536. The number of hydrogen-bond acceptors (Lipinski definition) is 6. The minimum Gasteiger partial charge on any atom is -0.484 e. The summed E-state index contributed by atoms with van der Waals surface area (Å²) in [5.41, 5.74) is 2.29. The molecular formula is C25H25N3O5. The van der Waals surface area contributed by atoms with Gasteiger partial charge in [0, 0.05) is 24.6 Å². The first-order chi connectivity index (χ1) is 16.1. The van der Waals surface area contributed by atoms with Crippen LogP contribution in [-0.4, -0.2) is 52.7 Å². The number of pyridine rings is 1. The number of hydrogen-bond donors (Lipinski definition) is 2. The first-order valence-electron chi connectivity index (χ1n) is 10.6. The molecule has 1 aromatic heterocycles. The molecule has 3 aromatic rings. The van der Waals surface area contributed by atoms with Gasteiger partial charge in [-0.3, -0.25) is 14.6 Å². The van der Waals surface area contributed by atoms with Gasteiger partial charge >= 0.3 is 0 Å². The van der Waals surface area contributed by atoms with Crippen molar-refractivity contribution in [1.29, 1.82) is 0 Å². The molecule has 0 aliphatic carbocycles. The van der Waals surface area contributed by atoms with Crippen LogP contribution in [0.5, 0.6) is 5.75 Å². The molecule has 1 aliphatic heterocycles. The highest BCUT2D eigenvalue weighted by Gasteiger charge is 2.37. The Kier molecular flexibility index (Phi) is 7.29. The predicted molar refractivity (Wildman–Crippen MR) is 121 cm³/mol. The van der Waals surface area contributed by atoms with Gasteiger partial charge in [0.25, 0.3) is 5.91 Å². The SMILES string of the molecule is O=C(COc1ccccc1)Nc1ccc([C@H]2OCC(=O)N(Cc3cccnc3)[C@@H]2CO)cc1. The Morgan fingerprint density at radius 1 is 1.12 bits per heavy atom. The van der Waals surface area contributed by atoms with E-state index in [2.05, 4.69) is 10.3 Å². The van der Waals surface area contributed by atoms with E-state index in [4.69, 9.17) is 9.47 Å². The van der Waals surface area contributed by atoms with Crippen LogP contribution in [0.3, 0.4) is 0 Å². The first kappa shape index (κ1) is 22.4. The van der Waals surface area contributed by atoms with Gasteiger partial charge in [0.05, 0.1) is 12.6 Å². The second-order valence-corrected chi connectivity index (χ2v) is 7.64. The molecule has 2 amide bonds. The maximum absolute atomic E-state index is 12.5. The number of nitrogens with one attached hydrogen (secondary N) is 1. The zero-order chi connectivity index (χ0) is 23.0. The van der Waals surface area contributed by atoms with E-state index >= 15 is 0 Å². The number of anilines is 1. The zero-order valence-corrected chi connectivity index (χ0v) is 18.0. The lowest BCUT2D eigenvalue weighted by Gasteiger charge is -2.40. The number of para-hydroxylation sites is 1. The van der Waals surface area contributed by atoms with Crippen LogP contribution in [0.25, 0.3) is 0 Å². The quantitative estimate of drug-likeness (QED) is 0.551. The van der Waals surface area contributed by atoms with Crippen molar-refractivity contribution in [3.8, 4) is 5.75 Å². The molecule has 8 heteroatoms. The first-order valence-corrected chi connectivity index (χ1v) is 10.6. The Bertz CT molecular complexity index is 1060. The number of aliphatic hydroxyl groups excluding tert-OH is 1. The fourth-order valence-electron chi connectivity index (χ4n) is 3.73. The molecule has 0 bridgehead atoms. The van der Waals surface area contributed by atoms with Gasteiger partial charge in [-0.05, 0) is 41.5 Å². The summed E-state index contributed by atoms with van der Waals surface area (Å²) >= 11 is 0. The molecule has 0 spiro atoms. The predicted octanol–water partition coefficient (Wildman–Crippen LogP) is 2.56. The molecule has 8 nitrogen and oxygen atoms in total. The van der Waals surface area contributed by atoms with Gasteiger partial charge in [-0.1, -0.05) is 36.4 Å². The van der Waals surface area contributed by atoms with Gasteiger partial charge in [-0.2, -0.15) is 0 Å². The van der Waals surface area contributed by atoms with Gasteiger partial charge in [0.15, 0.2) is 6.61 Å². The second-order valence-electron chi connectivity index (χ2n) is 7.64. The number of ether oxygens (including phenoxy) is 2. The lowest BCUT2D eigenvalue weighted by molar-refractivity contribution is -0.162. The molecule has 2 N–H and O–H groups in total. The van der Waals surface area contributed by atoms with Crippen molar-refractivity contribution in [2.24, 2.45) is 0 Å². The van der Waals surface area contributed by atoms with Crippen LogP contribution in [-0.2, 0) is 20.9 Å². The van der Waals surface area contributed by atoms with Crippen LogP contribution in [0.1, 0.15) is 17.2 Å². The zero-order valence-electron chi connectivity index (χ0n) is 18.0. The standard InChI is InChI=1S/C25H25N3O5/c29-15-22-25(33-17-24(31)28(22)14-18-5-4-12-26-13-18)19-8-10-20(11-9-19)27-23(30)16-32-21-6-2-1-3-7-21/h1-13,22,25,29H,14-17H2,(H,27,30)/t22-,25-/m1/s1. The van der Waals surface area contributed by atoms with Crippen LogP contribution < -0.4 is 10.1 Å². The fraction of sp³-hybridized carbons (Fsp3) is 0.240. The summed E-state index contributed by atoms with van der Waals surface area (Å²) in [6.07, 6.45) is 2.88. The molecule has 1 fully saturated rings. The number of benzene rings is 2. The number of amides is 2. The lowest BCUT2D eigenvalue weighted by atomic mass is 9.98. The number of carbonyl (C=O) groups is 2. The molecule has 4 rings (SSSR count). The maximum atomic E-state index is 12.5. The van der Waals surface area contributed by atoms with Crippen molar-refractivity contribution in [3.63, 3.8) is 0 Å². The van der Waals surface area contributed by atoms with Gasteiger partial charge in [-0.25, -0.2) is 0 Å². The van der Waals surface area contributed by atoms with E-state index in [1.807, 2.05) is 42.5 Å². The molecule has 2 heterocycles. The third-order valence-electron chi connectivity index (χ3n) is 5.36. The van der Waals surface area contributed by atoms with Crippen molar-refractivity contribution < 1.29 is 24.2 Å². The molecule has 0 radical (unpaired) electrons. The Hall–Kier alpha value is -3.75. The topological polar surface area (TPSA) is 101 Å². The minimum absolute atomic E-state index is 0.0727. The molecule has 1 saturated heterocycles. The fourth-order valence-corrected chi connectivity index (χ4v) is 3.73. The van der Waals surface area contributed by atoms with E-state index < -0.39 is 12.1 Å². The number of aliphatic hydroxyl groups is 1. The number of nitrogens with zero attached hydrogens (tertiary/aromatic N) is 2. The lowest BCUT2D eigenvalue weighted by Crippen LogP contribution is -2.52. The Morgan fingerprint density at radius 3 is 2.61 bits per heavy atom. The molecule has 0 unspecified atom stereocenters. The van der Waals surface area contributed by atoms with E-state index in [-0.39, 0.29) is 31.6 Å². The summed E-state index contributed by atoms with van der Waals surface area (Å²) in [5.74, 6) is 0.163. The van der Waals surface area contributed by atoms with Crippen molar-refractivity contribution in [3.05, 3.63) is 90.3 Å². The van der Waals surface area contributed by atoms with Crippen molar-refractivity contribution in [1.82, 2.24) is 9.88 Å². The summed E-state index contributed by atoms with van der Waals surface area (Å²) in [5, 5.41) is 12.8. The van der Waals surface area contributed by atoms with Crippen LogP contribution in [0.15, 0.2) is 79.1 Å².